The van der Waals surface area contributed by atoms with E-state index in [0.717, 1.165) is 5.56 Å². The molecule has 144 valence electrons. The third-order valence-electron chi connectivity index (χ3n) is 3.55. The quantitative estimate of drug-likeness (QED) is 0.463. The van der Waals surface area contributed by atoms with E-state index in [1.165, 1.54) is 30.7 Å². The normalized spacial score (nSPS) is 10.7. The fourth-order valence-corrected chi connectivity index (χ4v) is 2.89. The molecule has 1 aromatic heterocycles. The van der Waals surface area contributed by atoms with E-state index in [-0.39, 0.29) is 16.1 Å². The summed E-state index contributed by atoms with van der Waals surface area (Å²) in [6.07, 6.45) is 2.84. The number of anilines is 1. The average molecular weight is 404 g/mol. The van der Waals surface area contributed by atoms with Gasteiger partial charge < -0.3 is 14.5 Å². The van der Waals surface area contributed by atoms with Crippen molar-refractivity contribution in [3.63, 3.8) is 0 Å². The average Bonchev–Trinajstić information content (AvgIpc) is 3.22. The molecule has 0 aliphatic rings. The minimum Gasteiger partial charge on any atom is -0.452 e. The van der Waals surface area contributed by atoms with E-state index in [2.05, 4.69) is 10.3 Å². The third-order valence-corrected chi connectivity index (χ3v) is 4.34. The zero-order valence-corrected chi connectivity index (χ0v) is 15.1. The van der Waals surface area contributed by atoms with Crippen LogP contribution in [0.4, 0.5) is 14.5 Å². The number of nitrogens with zero attached hydrogens (tertiary/aromatic N) is 1. The molecule has 1 heterocycles. The Kier molecular flexibility index (Phi) is 6.38. The van der Waals surface area contributed by atoms with Gasteiger partial charge in [0.15, 0.2) is 18.8 Å². The van der Waals surface area contributed by atoms with Gasteiger partial charge in [-0.25, -0.2) is 9.78 Å². The van der Waals surface area contributed by atoms with E-state index in [9.17, 15) is 18.4 Å². The molecule has 0 radical (unpaired) electrons. The molecular weight excluding hydrogens is 390 g/mol. The van der Waals surface area contributed by atoms with E-state index in [1.807, 2.05) is 0 Å². The number of thioether (sulfide) groups is 1. The predicted octanol–water partition coefficient (Wildman–Crippen LogP) is 4.45. The van der Waals surface area contributed by atoms with Gasteiger partial charge in [0.1, 0.15) is 0 Å². The number of rotatable bonds is 7. The van der Waals surface area contributed by atoms with Gasteiger partial charge in [-0.05, 0) is 24.3 Å². The summed E-state index contributed by atoms with van der Waals surface area (Å²) in [6, 6.07) is 12.5. The van der Waals surface area contributed by atoms with Gasteiger partial charge in [-0.1, -0.05) is 36.0 Å². The molecule has 0 fully saturated rings. The van der Waals surface area contributed by atoms with Gasteiger partial charge in [0, 0.05) is 10.5 Å². The first-order valence-electron chi connectivity index (χ1n) is 8.02. The van der Waals surface area contributed by atoms with Gasteiger partial charge in [-0.3, -0.25) is 4.79 Å². The van der Waals surface area contributed by atoms with Gasteiger partial charge in [0.2, 0.25) is 0 Å². The fraction of sp³-hybridized carbons (Fsp3) is 0.105. The molecule has 0 saturated carbocycles. The molecule has 3 aromatic rings. The molecule has 28 heavy (non-hydrogen) atoms. The Morgan fingerprint density at radius 3 is 2.57 bits per heavy atom. The van der Waals surface area contributed by atoms with Crippen LogP contribution in [0, 0.1) is 0 Å². The van der Waals surface area contributed by atoms with Crippen LogP contribution in [-0.4, -0.2) is 29.2 Å². The highest BCUT2D eigenvalue weighted by molar-refractivity contribution is 7.99. The van der Waals surface area contributed by atoms with Crippen molar-refractivity contribution in [1.29, 1.82) is 0 Å². The van der Waals surface area contributed by atoms with Crippen LogP contribution in [0.3, 0.4) is 0 Å². The molecule has 0 spiro atoms. The zero-order valence-electron chi connectivity index (χ0n) is 14.3. The minimum absolute atomic E-state index is 0.222. The molecule has 1 N–H and O–H groups in total. The molecule has 1 amide bonds. The SMILES string of the molecule is O=C(COC(=O)c1ccc(-c2cnco2)cc1)Nc1ccccc1SC(F)F. The van der Waals surface area contributed by atoms with Crippen LogP contribution in [0.25, 0.3) is 11.3 Å². The van der Waals surface area contributed by atoms with Crippen molar-refractivity contribution >= 4 is 29.3 Å². The number of ether oxygens (including phenoxy) is 1. The highest BCUT2D eigenvalue weighted by atomic mass is 32.2. The number of nitrogens with one attached hydrogen (secondary N) is 1. The molecule has 0 saturated heterocycles. The number of para-hydroxylation sites is 1. The Morgan fingerprint density at radius 2 is 1.89 bits per heavy atom. The molecule has 0 aliphatic heterocycles. The lowest BCUT2D eigenvalue weighted by Crippen LogP contribution is -2.21. The van der Waals surface area contributed by atoms with Crippen molar-refractivity contribution in [3.05, 3.63) is 66.7 Å². The van der Waals surface area contributed by atoms with Gasteiger partial charge in [-0.2, -0.15) is 8.78 Å². The number of hydrogen-bond donors (Lipinski definition) is 1. The maximum absolute atomic E-state index is 12.6. The molecule has 9 heteroatoms. The van der Waals surface area contributed by atoms with Gasteiger partial charge >= 0.3 is 5.97 Å². The summed E-state index contributed by atoms with van der Waals surface area (Å²) in [5.74, 6) is -3.38. The number of hydrogen-bond acceptors (Lipinski definition) is 6. The number of oxazole rings is 1. The van der Waals surface area contributed by atoms with Crippen LogP contribution < -0.4 is 5.32 Å². The van der Waals surface area contributed by atoms with Crippen molar-refractivity contribution < 1.29 is 27.5 Å². The Labute approximate surface area is 162 Å². The molecule has 2 aromatic carbocycles. The zero-order chi connectivity index (χ0) is 19.9. The lowest BCUT2D eigenvalue weighted by molar-refractivity contribution is -0.119. The Bertz CT molecular complexity index is 947. The first-order valence-corrected chi connectivity index (χ1v) is 8.90. The topological polar surface area (TPSA) is 81.4 Å². The van der Waals surface area contributed by atoms with Gasteiger partial charge in [-0.15, -0.1) is 0 Å². The number of carbonyl (C=O) groups is 2. The molecule has 6 nitrogen and oxygen atoms in total. The van der Waals surface area contributed by atoms with E-state index < -0.39 is 24.2 Å². The maximum atomic E-state index is 12.6. The summed E-state index contributed by atoms with van der Waals surface area (Å²) in [6.45, 7) is -0.545. The van der Waals surface area contributed by atoms with Crippen LogP contribution in [0.2, 0.25) is 0 Å². The molecule has 0 aliphatic carbocycles. The van der Waals surface area contributed by atoms with E-state index in [1.54, 1.807) is 30.5 Å². The largest absolute Gasteiger partial charge is 0.452 e. The summed E-state index contributed by atoms with van der Waals surface area (Å²) in [5, 5.41) is 2.46. The lowest BCUT2D eigenvalue weighted by Gasteiger charge is -2.10. The number of esters is 1. The van der Waals surface area contributed by atoms with Crippen LogP contribution in [0.5, 0.6) is 0 Å². The Morgan fingerprint density at radius 1 is 1.14 bits per heavy atom. The molecule has 0 atom stereocenters. The summed E-state index contributed by atoms with van der Waals surface area (Å²) < 4.78 is 35.3. The Hall–Kier alpha value is -3.20. The van der Waals surface area contributed by atoms with Crippen LogP contribution in [0.1, 0.15) is 10.4 Å². The second-order valence-corrected chi connectivity index (χ2v) is 6.47. The van der Waals surface area contributed by atoms with Crippen molar-refractivity contribution in [2.24, 2.45) is 0 Å². The summed E-state index contributed by atoms with van der Waals surface area (Å²) in [4.78, 5) is 28.1. The number of aromatic nitrogens is 1. The number of benzene rings is 2. The summed E-state index contributed by atoms with van der Waals surface area (Å²) >= 11 is 0.321. The van der Waals surface area contributed by atoms with Crippen LogP contribution in [0.15, 0.2) is 70.4 Å². The second-order valence-electron chi connectivity index (χ2n) is 5.44. The van der Waals surface area contributed by atoms with E-state index in [4.69, 9.17) is 9.15 Å². The molecular formula is C19H14F2N2O4S. The highest BCUT2D eigenvalue weighted by Gasteiger charge is 2.14. The van der Waals surface area contributed by atoms with Crippen molar-refractivity contribution in [1.82, 2.24) is 4.98 Å². The summed E-state index contributed by atoms with van der Waals surface area (Å²) in [5.41, 5.74) is 1.22. The first-order chi connectivity index (χ1) is 13.5. The number of amides is 1. The van der Waals surface area contributed by atoms with Gasteiger partial charge in [0.05, 0.1) is 17.4 Å². The molecule has 0 unspecified atom stereocenters. The standard InChI is InChI=1S/C19H14F2N2O4S/c20-19(21)28-16-4-2-1-3-14(16)23-17(24)10-26-18(25)13-7-5-12(6-8-13)15-9-22-11-27-15/h1-9,11,19H,10H2,(H,23,24). The lowest BCUT2D eigenvalue weighted by atomic mass is 10.1. The fourth-order valence-electron chi connectivity index (χ4n) is 2.30. The third kappa shape index (κ3) is 5.17. The molecule has 3 rings (SSSR count). The summed E-state index contributed by atoms with van der Waals surface area (Å²) in [7, 11) is 0. The number of halogens is 2. The second kappa shape index (κ2) is 9.14. The minimum atomic E-state index is -2.61. The Balaban J connectivity index is 1.55. The highest BCUT2D eigenvalue weighted by Crippen LogP contribution is 2.31. The van der Waals surface area contributed by atoms with Crippen molar-refractivity contribution in [3.8, 4) is 11.3 Å². The van der Waals surface area contributed by atoms with Crippen LogP contribution >= 0.6 is 11.8 Å². The maximum Gasteiger partial charge on any atom is 0.338 e. The van der Waals surface area contributed by atoms with Gasteiger partial charge in [0.25, 0.3) is 11.7 Å². The van der Waals surface area contributed by atoms with E-state index >= 15 is 0 Å². The van der Waals surface area contributed by atoms with E-state index in [0.29, 0.717) is 17.5 Å². The number of carbonyl (C=O) groups excluding carboxylic acids is 2. The van der Waals surface area contributed by atoms with Crippen molar-refractivity contribution in [2.45, 2.75) is 10.7 Å². The monoisotopic (exact) mass is 404 g/mol. The number of alkyl halides is 2. The first kappa shape index (κ1) is 19.6. The molecule has 0 bridgehead atoms. The predicted molar refractivity (Wildman–Crippen MR) is 99.2 cm³/mol. The smallest absolute Gasteiger partial charge is 0.338 e. The van der Waals surface area contributed by atoms with Crippen LogP contribution in [-0.2, 0) is 9.53 Å². The van der Waals surface area contributed by atoms with Crippen molar-refractivity contribution in [2.75, 3.05) is 11.9 Å².